The molecule has 0 bridgehead atoms. The molecular formula is C20H23N3O3. The second-order valence-electron chi connectivity index (χ2n) is 6.63. The average molecular weight is 353 g/mol. The van der Waals surface area contributed by atoms with Gasteiger partial charge in [-0.3, -0.25) is 14.9 Å². The summed E-state index contributed by atoms with van der Waals surface area (Å²) in [6.07, 6.45) is 3.49. The number of nitrogens with zero attached hydrogens (tertiary/aromatic N) is 1. The van der Waals surface area contributed by atoms with Crippen molar-refractivity contribution in [3.63, 3.8) is 0 Å². The maximum Gasteiger partial charge on any atom is 0.269 e. The Morgan fingerprint density at radius 2 is 1.81 bits per heavy atom. The molecule has 0 aliphatic heterocycles. The smallest absolute Gasteiger partial charge is 0.269 e. The van der Waals surface area contributed by atoms with Crippen LogP contribution in [0.2, 0.25) is 0 Å². The summed E-state index contributed by atoms with van der Waals surface area (Å²) >= 11 is 0. The van der Waals surface area contributed by atoms with Gasteiger partial charge in [-0.25, -0.2) is 0 Å². The molecule has 1 fully saturated rings. The summed E-state index contributed by atoms with van der Waals surface area (Å²) in [5, 5.41) is 17.0. The number of anilines is 1. The Morgan fingerprint density at radius 3 is 2.42 bits per heavy atom. The Morgan fingerprint density at radius 1 is 1.12 bits per heavy atom. The minimum atomic E-state index is -0.420. The number of carbonyl (C=O) groups is 1. The molecule has 0 radical (unpaired) electrons. The van der Waals surface area contributed by atoms with Gasteiger partial charge in [0.1, 0.15) is 0 Å². The Balaban J connectivity index is 1.41. The third-order valence-corrected chi connectivity index (χ3v) is 4.56. The largest absolute Gasteiger partial charge is 0.385 e. The van der Waals surface area contributed by atoms with Crippen LogP contribution in [0, 0.1) is 16.0 Å². The number of benzene rings is 2. The lowest BCUT2D eigenvalue weighted by molar-refractivity contribution is -0.384. The van der Waals surface area contributed by atoms with Gasteiger partial charge in [0.25, 0.3) is 5.69 Å². The van der Waals surface area contributed by atoms with Gasteiger partial charge in [-0.2, -0.15) is 0 Å². The lowest BCUT2D eigenvalue weighted by Gasteiger charge is -2.19. The van der Waals surface area contributed by atoms with Crippen molar-refractivity contribution in [3.8, 4) is 0 Å². The van der Waals surface area contributed by atoms with E-state index in [4.69, 9.17) is 0 Å². The number of rotatable bonds is 9. The Hall–Kier alpha value is -2.89. The van der Waals surface area contributed by atoms with Gasteiger partial charge in [-0.15, -0.1) is 0 Å². The summed E-state index contributed by atoms with van der Waals surface area (Å²) < 4.78 is 0. The van der Waals surface area contributed by atoms with Crippen LogP contribution >= 0.6 is 0 Å². The molecule has 2 aromatic rings. The van der Waals surface area contributed by atoms with E-state index in [-0.39, 0.29) is 17.6 Å². The third-order valence-electron chi connectivity index (χ3n) is 4.56. The van der Waals surface area contributed by atoms with Crippen LogP contribution < -0.4 is 10.6 Å². The summed E-state index contributed by atoms with van der Waals surface area (Å²) in [5.41, 5.74) is 2.06. The highest BCUT2D eigenvalue weighted by molar-refractivity contribution is 5.76. The maximum absolute atomic E-state index is 12.3. The fourth-order valence-electron chi connectivity index (χ4n) is 2.99. The van der Waals surface area contributed by atoms with Crippen LogP contribution in [-0.2, 0) is 4.79 Å². The van der Waals surface area contributed by atoms with Crippen molar-refractivity contribution < 1.29 is 9.72 Å². The highest BCUT2D eigenvalue weighted by atomic mass is 16.6. The van der Waals surface area contributed by atoms with Gasteiger partial charge in [0.2, 0.25) is 5.91 Å². The number of non-ortho nitro benzene ring substituents is 1. The van der Waals surface area contributed by atoms with Gasteiger partial charge >= 0.3 is 0 Å². The molecule has 0 saturated heterocycles. The molecule has 2 aromatic carbocycles. The number of carbonyl (C=O) groups excluding carboxylic acids is 1. The molecule has 0 heterocycles. The zero-order chi connectivity index (χ0) is 18.4. The second kappa shape index (κ2) is 8.47. The first-order chi connectivity index (χ1) is 12.6. The third kappa shape index (κ3) is 5.05. The number of hydrogen-bond acceptors (Lipinski definition) is 4. The molecule has 6 nitrogen and oxygen atoms in total. The van der Waals surface area contributed by atoms with E-state index in [0.717, 1.165) is 5.69 Å². The number of nitrogens with one attached hydrogen (secondary N) is 2. The van der Waals surface area contributed by atoms with E-state index in [1.165, 1.54) is 30.5 Å². The molecule has 1 aliphatic carbocycles. The van der Waals surface area contributed by atoms with Crippen molar-refractivity contribution in [1.82, 2.24) is 5.32 Å². The predicted molar refractivity (Wildman–Crippen MR) is 101 cm³/mol. The first-order valence-corrected chi connectivity index (χ1v) is 8.96. The molecule has 2 N–H and O–H groups in total. The predicted octanol–water partition coefficient (Wildman–Crippen LogP) is 4.05. The number of hydrogen-bond donors (Lipinski definition) is 2. The van der Waals surface area contributed by atoms with Crippen LogP contribution in [0.4, 0.5) is 11.4 Å². The lowest BCUT2D eigenvalue weighted by Crippen LogP contribution is -2.30. The molecule has 1 saturated carbocycles. The van der Waals surface area contributed by atoms with Crippen LogP contribution in [0.15, 0.2) is 54.6 Å². The van der Waals surface area contributed by atoms with E-state index in [9.17, 15) is 14.9 Å². The molecule has 1 atom stereocenters. The van der Waals surface area contributed by atoms with Crippen molar-refractivity contribution in [1.29, 1.82) is 0 Å². The molecule has 1 unspecified atom stereocenters. The summed E-state index contributed by atoms with van der Waals surface area (Å²) in [6.45, 7) is 0.644. The summed E-state index contributed by atoms with van der Waals surface area (Å²) in [6, 6.07) is 16.5. The molecule has 3 rings (SSSR count). The molecule has 136 valence electrons. The van der Waals surface area contributed by atoms with Crippen LogP contribution in [0.25, 0.3) is 0 Å². The first-order valence-electron chi connectivity index (χ1n) is 8.96. The van der Waals surface area contributed by atoms with Crippen molar-refractivity contribution in [3.05, 3.63) is 70.3 Å². The average Bonchev–Trinajstić information content (AvgIpc) is 3.49. The molecule has 26 heavy (non-hydrogen) atoms. The standard InChI is InChI=1S/C20H23N3O3/c24-19(22-20(16-8-9-16)15-5-2-1-3-6-15)7-4-14-21-17-10-12-18(13-11-17)23(25)26/h1-3,5-6,10-13,16,20-21H,4,7-9,14H2,(H,22,24). The van der Waals surface area contributed by atoms with Gasteiger partial charge in [-0.05, 0) is 42.9 Å². The van der Waals surface area contributed by atoms with Crippen molar-refractivity contribution in [2.45, 2.75) is 31.7 Å². The van der Waals surface area contributed by atoms with E-state index in [1.54, 1.807) is 12.1 Å². The summed E-state index contributed by atoms with van der Waals surface area (Å²) in [4.78, 5) is 22.5. The minimum Gasteiger partial charge on any atom is -0.385 e. The van der Waals surface area contributed by atoms with Crippen molar-refractivity contribution in [2.75, 3.05) is 11.9 Å². The summed E-state index contributed by atoms with van der Waals surface area (Å²) in [5.74, 6) is 0.621. The van der Waals surface area contributed by atoms with Gasteiger partial charge in [0.05, 0.1) is 11.0 Å². The molecular weight excluding hydrogens is 330 g/mol. The van der Waals surface area contributed by atoms with Crippen LogP contribution in [0.3, 0.4) is 0 Å². The van der Waals surface area contributed by atoms with Crippen LogP contribution in [0.1, 0.15) is 37.3 Å². The van der Waals surface area contributed by atoms with Crippen LogP contribution in [0.5, 0.6) is 0 Å². The SMILES string of the molecule is O=C(CCCNc1ccc([N+](=O)[O-])cc1)NC(c1ccccc1)C1CC1. The van der Waals surface area contributed by atoms with E-state index in [2.05, 4.69) is 22.8 Å². The number of nitro groups is 1. The Labute approximate surface area is 152 Å². The van der Waals surface area contributed by atoms with Gasteiger partial charge < -0.3 is 10.6 Å². The molecule has 1 amide bonds. The van der Waals surface area contributed by atoms with E-state index >= 15 is 0 Å². The first kappa shape index (κ1) is 17.9. The Kier molecular flexibility index (Phi) is 5.84. The molecule has 6 heteroatoms. The maximum atomic E-state index is 12.3. The number of nitro benzene ring substituents is 1. The van der Waals surface area contributed by atoms with Gasteiger partial charge in [0.15, 0.2) is 0 Å². The lowest BCUT2D eigenvalue weighted by atomic mass is 10.0. The van der Waals surface area contributed by atoms with E-state index < -0.39 is 4.92 Å². The zero-order valence-corrected chi connectivity index (χ0v) is 14.6. The molecule has 0 aromatic heterocycles. The van der Waals surface area contributed by atoms with Gasteiger partial charge in [-0.1, -0.05) is 30.3 Å². The highest BCUT2D eigenvalue weighted by Gasteiger charge is 2.33. The van der Waals surface area contributed by atoms with E-state index in [0.29, 0.717) is 25.3 Å². The molecule has 1 aliphatic rings. The monoisotopic (exact) mass is 353 g/mol. The highest BCUT2D eigenvalue weighted by Crippen LogP contribution is 2.40. The Bertz CT molecular complexity index is 743. The normalized spacial score (nSPS) is 14.5. The molecule has 0 spiro atoms. The van der Waals surface area contributed by atoms with Crippen molar-refractivity contribution in [2.24, 2.45) is 5.92 Å². The fraction of sp³-hybridized carbons (Fsp3) is 0.350. The minimum absolute atomic E-state index is 0.0660. The van der Waals surface area contributed by atoms with Gasteiger partial charge in [0, 0.05) is 30.8 Å². The van der Waals surface area contributed by atoms with E-state index in [1.807, 2.05) is 18.2 Å². The topological polar surface area (TPSA) is 84.3 Å². The fourth-order valence-corrected chi connectivity index (χ4v) is 2.99. The second-order valence-corrected chi connectivity index (χ2v) is 6.63. The van der Waals surface area contributed by atoms with Crippen molar-refractivity contribution >= 4 is 17.3 Å². The van der Waals surface area contributed by atoms with Crippen LogP contribution in [-0.4, -0.2) is 17.4 Å². The number of amides is 1. The zero-order valence-electron chi connectivity index (χ0n) is 14.6. The summed E-state index contributed by atoms with van der Waals surface area (Å²) in [7, 11) is 0. The quantitative estimate of drug-likeness (QED) is 0.404.